The second-order valence-corrected chi connectivity index (χ2v) is 6.24. The van der Waals surface area contributed by atoms with Crippen LogP contribution in [0.1, 0.15) is 52.9 Å². The predicted octanol–water partition coefficient (Wildman–Crippen LogP) is 2.78. The van der Waals surface area contributed by atoms with Gasteiger partial charge in [-0.15, -0.1) is 0 Å². The second kappa shape index (κ2) is 7.11. The summed E-state index contributed by atoms with van der Waals surface area (Å²) in [4.78, 5) is 2.39. The number of rotatable bonds is 9. The first-order chi connectivity index (χ1) is 8.49. The van der Waals surface area contributed by atoms with E-state index in [9.17, 15) is 5.26 Å². The normalized spacial score (nSPS) is 20.4. The van der Waals surface area contributed by atoms with Crippen molar-refractivity contribution in [3.05, 3.63) is 0 Å². The number of hydrogen-bond donors (Lipinski definition) is 1. The molecular weight excluding hydrogens is 222 g/mol. The van der Waals surface area contributed by atoms with Crippen molar-refractivity contribution in [3.63, 3.8) is 0 Å². The molecule has 104 valence electrons. The Morgan fingerprint density at radius 1 is 1.50 bits per heavy atom. The quantitative estimate of drug-likeness (QED) is 0.685. The van der Waals surface area contributed by atoms with Crippen LogP contribution in [0, 0.1) is 17.2 Å². The van der Waals surface area contributed by atoms with Crippen LogP contribution in [-0.2, 0) is 0 Å². The molecule has 2 unspecified atom stereocenters. The Hall–Kier alpha value is -0.590. The van der Waals surface area contributed by atoms with E-state index in [0.717, 1.165) is 31.8 Å². The van der Waals surface area contributed by atoms with Crippen LogP contribution in [0.2, 0.25) is 0 Å². The van der Waals surface area contributed by atoms with E-state index < -0.39 is 0 Å². The van der Waals surface area contributed by atoms with Crippen molar-refractivity contribution in [2.45, 2.75) is 64.5 Å². The lowest BCUT2D eigenvalue weighted by Crippen LogP contribution is -2.42. The van der Waals surface area contributed by atoms with Crippen LogP contribution in [0.5, 0.6) is 0 Å². The largest absolute Gasteiger partial charge is 0.306 e. The summed E-state index contributed by atoms with van der Waals surface area (Å²) in [6, 6.07) is 3.05. The van der Waals surface area contributed by atoms with E-state index in [0.29, 0.717) is 6.04 Å². The topological polar surface area (TPSA) is 39.1 Å². The van der Waals surface area contributed by atoms with Crippen molar-refractivity contribution in [2.75, 3.05) is 20.1 Å². The Labute approximate surface area is 113 Å². The van der Waals surface area contributed by atoms with E-state index >= 15 is 0 Å². The number of nitriles is 1. The van der Waals surface area contributed by atoms with E-state index in [2.05, 4.69) is 37.2 Å². The van der Waals surface area contributed by atoms with Gasteiger partial charge in [0.05, 0.1) is 6.07 Å². The monoisotopic (exact) mass is 251 g/mol. The van der Waals surface area contributed by atoms with Gasteiger partial charge in [0, 0.05) is 12.6 Å². The summed E-state index contributed by atoms with van der Waals surface area (Å²) in [5.41, 5.74) is -0.321. The van der Waals surface area contributed by atoms with Crippen molar-refractivity contribution in [1.29, 1.82) is 5.26 Å². The van der Waals surface area contributed by atoms with Crippen LogP contribution in [0.4, 0.5) is 0 Å². The van der Waals surface area contributed by atoms with Crippen LogP contribution < -0.4 is 5.32 Å². The van der Waals surface area contributed by atoms with Gasteiger partial charge >= 0.3 is 0 Å². The Kier molecular flexibility index (Phi) is 6.11. The Bertz CT molecular complexity index is 280. The first-order valence-corrected chi connectivity index (χ1v) is 7.36. The molecule has 0 heterocycles. The smallest absolute Gasteiger partial charge is 0.104 e. The van der Waals surface area contributed by atoms with Crippen LogP contribution in [0.25, 0.3) is 0 Å². The molecule has 0 aromatic carbocycles. The number of hydrogen-bond acceptors (Lipinski definition) is 3. The summed E-state index contributed by atoms with van der Waals surface area (Å²) in [6.07, 6.45) is 5.77. The van der Waals surface area contributed by atoms with Gasteiger partial charge in [-0.05, 0) is 52.1 Å². The average Bonchev–Trinajstić information content (AvgIpc) is 3.12. The van der Waals surface area contributed by atoms with Crippen LogP contribution >= 0.6 is 0 Å². The molecule has 1 N–H and O–H groups in total. The highest BCUT2D eigenvalue weighted by Gasteiger charge is 2.31. The SMILES string of the molecule is CCC(C)CN(C)CCCC(C)(C#N)NC1CC1. The summed E-state index contributed by atoms with van der Waals surface area (Å²) in [5.74, 6) is 0.766. The van der Waals surface area contributed by atoms with E-state index in [1.807, 2.05) is 6.92 Å². The van der Waals surface area contributed by atoms with Crippen molar-refractivity contribution in [3.8, 4) is 6.07 Å². The molecule has 0 aliphatic heterocycles. The third-order valence-electron chi connectivity index (χ3n) is 3.88. The zero-order chi connectivity index (χ0) is 13.6. The Morgan fingerprint density at radius 2 is 2.17 bits per heavy atom. The maximum atomic E-state index is 9.28. The van der Waals surface area contributed by atoms with E-state index in [-0.39, 0.29) is 5.54 Å². The van der Waals surface area contributed by atoms with Crippen molar-refractivity contribution in [2.24, 2.45) is 5.92 Å². The highest BCUT2D eigenvalue weighted by molar-refractivity contribution is 5.06. The third kappa shape index (κ3) is 5.84. The van der Waals surface area contributed by atoms with Gasteiger partial charge in [0.25, 0.3) is 0 Å². The summed E-state index contributed by atoms with van der Waals surface area (Å²) in [7, 11) is 2.18. The van der Waals surface area contributed by atoms with Gasteiger partial charge in [-0.25, -0.2) is 0 Å². The van der Waals surface area contributed by atoms with Crippen LogP contribution in [0.3, 0.4) is 0 Å². The van der Waals surface area contributed by atoms with Crippen LogP contribution in [-0.4, -0.2) is 36.6 Å². The molecule has 0 spiro atoms. The highest BCUT2D eigenvalue weighted by Crippen LogP contribution is 2.24. The van der Waals surface area contributed by atoms with Gasteiger partial charge in [0.15, 0.2) is 0 Å². The molecule has 0 amide bonds. The molecule has 1 fully saturated rings. The molecule has 1 rings (SSSR count). The molecule has 0 saturated heterocycles. The minimum atomic E-state index is -0.321. The molecule has 1 aliphatic carbocycles. The summed E-state index contributed by atoms with van der Waals surface area (Å²) < 4.78 is 0. The van der Waals surface area contributed by atoms with Crippen molar-refractivity contribution >= 4 is 0 Å². The lowest BCUT2D eigenvalue weighted by atomic mass is 9.97. The second-order valence-electron chi connectivity index (χ2n) is 6.24. The fraction of sp³-hybridized carbons (Fsp3) is 0.933. The van der Waals surface area contributed by atoms with Crippen LogP contribution in [0.15, 0.2) is 0 Å². The maximum absolute atomic E-state index is 9.28. The fourth-order valence-corrected chi connectivity index (χ4v) is 2.29. The summed E-state index contributed by atoms with van der Waals surface area (Å²) in [6.45, 7) is 8.83. The first-order valence-electron chi connectivity index (χ1n) is 7.36. The van der Waals surface area contributed by atoms with Gasteiger partial charge in [-0.3, -0.25) is 5.32 Å². The molecular formula is C15H29N3. The average molecular weight is 251 g/mol. The van der Waals surface area contributed by atoms with Crippen molar-refractivity contribution < 1.29 is 0 Å². The molecule has 2 atom stereocenters. The van der Waals surface area contributed by atoms with E-state index in [4.69, 9.17) is 0 Å². The minimum absolute atomic E-state index is 0.321. The zero-order valence-corrected chi connectivity index (χ0v) is 12.5. The van der Waals surface area contributed by atoms with Gasteiger partial charge < -0.3 is 4.90 Å². The Morgan fingerprint density at radius 3 is 2.67 bits per heavy atom. The molecule has 1 aliphatic rings. The molecule has 0 radical (unpaired) electrons. The summed E-state index contributed by atoms with van der Waals surface area (Å²) >= 11 is 0. The molecule has 0 aromatic heterocycles. The minimum Gasteiger partial charge on any atom is -0.306 e. The standard InChI is InChI=1S/C15H29N3/c1-5-13(2)11-18(4)10-6-9-15(3,12-16)17-14-7-8-14/h13-14,17H,5-11H2,1-4H3. The predicted molar refractivity (Wildman–Crippen MR) is 76.4 cm³/mol. The van der Waals surface area contributed by atoms with Gasteiger partial charge in [-0.1, -0.05) is 20.3 Å². The van der Waals surface area contributed by atoms with Gasteiger partial charge in [0.1, 0.15) is 5.54 Å². The fourth-order valence-electron chi connectivity index (χ4n) is 2.29. The van der Waals surface area contributed by atoms with E-state index in [1.165, 1.54) is 19.3 Å². The third-order valence-corrected chi connectivity index (χ3v) is 3.88. The molecule has 3 nitrogen and oxygen atoms in total. The van der Waals surface area contributed by atoms with Crippen molar-refractivity contribution in [1.82, 2.24) is 10.2 Å². The number of nitrogens with one attached hydrogen (secondary N) is 1. The maximum Gasteiger partial charge on any atom is 0.104 e. The Balaban J connectivity index is 2.20. The highest BCUT2D eigenvalue weighted by atomic mass is 15.1. The molecule has 1 saturated carbocycles. The summed E-state index contributed by atoms with van der Waals surface area (Å²) in [5, 5.41) is 12.7. The molecule has 3 heteroatoms. The van der Waals surface area contributed by atoms with Gasteiger partial charge in [0.2, 0.25) is 0 Å². The lowest BCUT2D eigenvalue weighted by Gasteiger charge is -2.25. The molecule has 18 heavy (non-hydrogen) atoms. The lowest BCUT2D eigenvalue weighted by molar-refractivity contribution is 0.265. The zero-order valence-electron chi connectivity index (χ0n) is 12.5. The molecule has 0 bridgehead atoms. The van der Waals surface area contributed by atoms with Gasteiger partial charge in [-0.2, -0.15) is 5.26 Å². The van der Waals surface area contributed by atoms with E-state index in [1.54, 1.807) is 0 Å². The molecule has 0 aromatic rings. The first kappa shape index (κ1) is 15.5. The number of nitrogens with zero attached hydrogens (tertiary/aromatic N) is 2.